The third-order valence-corrected chi connectivity index (χ3v) is 5.70. The quantitative estimate of drug-likeness (QED) is 0.503. The minimum Gasteiger partial charge on any atom is -0.382 e. The largest absolute Gasteiger partial charge is 0.382 e. The van der Waals surface area contributed by atoms with Crippen molar-refractivity contribution in [3.8, 4) is 0 Å². The second-order valence-corrected chi connectivity index (χ2v) is 7.24. The number of rotatable bonds is 8. The van der Waals surface area contributed by atoms with Crippen molar-refractivity contribution in [2.45, 2.75) is 57.5 Å². The van der Waals surface area contributed by atoms with E-state index in [4.69, 9.17) is 18.9 Å². The van der Waals surface area contributed by atoms with Gasteiger partial charge in [0.05, 0.1) is 25.4 Å². The number of methoxy groups -OCH3 is 1. The topological polar surface area (TPSA) is 54.0 Å². The van der Waals surface area contributed by atoms with Gasteiger partial charge in [-0.25, -0.2) is 0 Å². The fraction of sp³-hybridized carbons (Fsp3) is 0.842. The maximum atomic E-state index is 11.2. The van der Waals surface area contributed by atoms with E-state index in [9.17, 15) is 4.79 Å². The smallest absolute Gasteiger partial charge is 0.157 e. The van der Waals surface area contributed by atoms with E-state index in [0.29, 0.717) is 31.0 Å². The van der Waals surface area contributed by atoms with Crippen molar-refractivity contribution in [1.82, 2.24) is 0 Å². The molecular formula is C19H30O5. The van der Waals surface area contributed by atoms with Gasteiger partial charge in [0.25, 0.3) is 0 Å². The van der Waals surface area contributed by atoms with E-state index in [1.54, 1.807) is 7.11 Å². The predicted molar refractivity (Wildman–Crippen MR) is 89.6 cm³/mol. The van der Waals surface area contributed by atoms with E-state index < -0.39 is 0 Å². The van der Waals surface area contributed by atoms with Gasteiger partial charge in [0.1, 0.15) is 6.29 Å². The highest BCUT2D eigenvalue weighted by atomic mass is 16.7. The first kappa shape index (κ1) is 18.1. The highest BCUT2D eigenvalue weighted by Gasteiger charge is 2.49. The summed E-state index contributed by atoms with van der Waals surface area (Å²) in [7, 11) is 1.68. The van der Waals surface area contributed by atoms with Crippen LogP contribution in [0.15, 0.2) is 11.6 Å². The predicted octanol–water partition coefficient (Wildman–Crippen LogP) is 2.73. The average molecular weight is 338 g/mol. The summed E-state index contributed by atoms with van der Waals surface area (Å²) in [5, 5.41) is 0. The SMILES string of the molecule is COCCOC(C)C1C(OC2CCCCO2)CC2C=C(C=O)CC21. The van der Waals surface area contributed by atoms with Crippen LogP contribution in [0.25, 0.3) is 0 Å². The van der Waals surface area contributed by atoms with Gasteiger partial charge < -0.3 is 18.9 Å². The Morgan fingerprint density at radius 2 is 2.25 bits per heavy atom. The molecule has 24 heavy (non-hydrogen) atoms. The molecule has 2 fully saturated rings. The van der Waals surface area contributed by atoms with Crippen molar-refractivity contribution in [3.05, 3.63) is 11.6 Å². The number of carbonyl (C=O) groups is 1. The second kappa shape index (κ2) is 8.56. The molecule has 3 rings (SSSR count). The molecule has 1 aliphatic heterocycles. The van der Waals surface area contributed by atoms with Crippen molar-refractivity contribution in [2.75, 3.05) is 26.9 Å². The van der Waals surface area contributed by atoms with Crippen molar-refractivity contribution in [2.24, 2.45) is 17.8 Å². The van der Waals surface area contributed by atoms with Crippen LogP contribution in [-0.4, -0.2) is 51.7 Å². The summed E-state index contributed by atoms with van der Waals surface area (Å²) in [6.45, 7) is 4.11. The molecule has 1 heterocycles. The normalized spacial score (nSPS) is 37.1. The van der Waals surface area contributed by atoms with Crippen LogP contribution in [0.4, 0.5) is 0 Å². The fourth-order valence-electron chi connectivity index (χ4n) is 4.58. The molecule has 6 unspecified atom stereocenters. The van der Waals surface area contributed by atoms with Crippen LogP contribution in [-0.2, 0) is 23.7 Å². The molecule has 3 aliphatic rings. The van der Waals surface area contributed by atoms with Gasteiger partial charge in [0, 0.05) is 19.6 Å². The maximum Gasteiger partial charge on any atom is 0.157 e. The summed E-state index contributed by atoms with van der Waals surface area (Å²) < 4.78 is 23.2. The average Bonchev–Trinajstić information content (AvgIpc) is 3.12. The lowest BCUT2D eigenvalue weighted by molar-refractivity contribution is -0.204. The van der Waals surface area contributed by atoms with E-state index in [0.717, 1.165) is 44.1 Å². The molecule has 0 amide bonds. The van der Waals surface area contributed by atoms with Gasteiger partial charge in [-0.3, -0.25) is 4.79 Å². The van der Waals surface area contributed by atoms with Crippen LogP contribution >= 0.6 is 0 Å². The Morgan fingerprint density at radius 1 is 1.38 bits per heavy atom. The third kappa shape index (κ3) is 4.07. The van der Waals surface area contributed by atoms with Crippen molar-refractivity contribution < 1.29 is 23.7 Å². The molecular weight excluding hydrogens is 308 g/mol. The number of aldehydes is 1. The van der Waals surface area contributed by atoms with Crippen LogP contribution in [0.1, 0.15) is 39.0 Å². The first-order valence-corrected chi connectivity index (χ1v) is 9.26. The molecule has 0 N–H and O–H groups in total. The number of carbonyl (C=O) groups excluding carboxylic acids is 1. The lowest BCUT2D eigenvalue weighted by Crippen LogP contribution is -2.37. The molecule has 6 atom stereocenters. The van der Waals surface area contributed by atoms with Gasteiger partial charge in [-0.15, -0.1) is 0 Å². The highest BCUT2D eigenvalue weighted by molar-refractivity contribution is 5.74. The Hall–Kier alpha value is -0.750. The van der Waals surface area contributed by atoms with Gasteiger partial charge in [0.2, 0.25) is 0 Å². The van der Waals surface area contributed by atoms with Crippen LogP contribution in [0.3, 0.4) is 0 Å². The molecule has 0 bridgehead atoms. The van der Waals surface area contributed by atoms with Crippen molar-refractivity contribution in [3.63, 3.8) is 0 Å². The summed E-state index contributed by atoms with van der Waals surface area (Å²) >= 11 is 0. The second-order valence-electron chi connectivity index (χ2n) is 7.24. The number of ether oxygens (including phenoxy) is 4. The summed E-state index contributed by atoms with van der Waals surface area (Å²) in [6, 6.07) is 0. The van der Waals surface area contributed by atoms with Crippen molar-refractivity contribution in [1.29, 1.82) is 0 Å². The molecule has 2 aliphatic carbocycles. The number of hydrogen-bond acceptors (Lipinski definition) is 5. The van der Waals surface area contributed by atoms with Crippen LogP contribution in [0, 0.1) is 17.8 Å². The molecule has 5 heteroatoms. The van der Waals surface area contributed by atoms with E-state index in [1.165, 1.54) is 6.42 Å². The lowest BCUT2D eigenvalue weighted by atomic mass is 9.86. The van der Waals surface area contributed by atoms with Gasteiger partial charge >= 0.3 is 0 Å². The van der Waals surface area contributed by atoms with E-state index in [2.05, 4.69) is 13.0 Å². The molecule has 0 spiro atoms. The minimum atomic E-state index is -0.0780. The zero-order chi connectivity index (χ0) is 16.9. The van der Waals surface area contributed by atoms with Gasteiger partial charge in [-0.2, -0.15) is 0 Å². The van der Waals surface area contributed by atoms with E-state index >= 15 is 0 Å². The van der Waals surface area contributed by atoms with Gasteiger partial charge in [0.15, 0.2) is 6.29 Å². The summed E-state index contributed by atoms with van der Waals surface area (Å²) in [4.78, 5) is 11.2. The van der Waals surface area contributed by atoms with Gasteiger partial charge in [-0.1, -0.05) is 6.08 Å². The number of allylic oxidation sites excluding steroid dienone is 2. The Balaban J connectivity index is 1.65. The molecule has 1 saturated carbocycles. The zero-order valence-corrected chi connectivity index (χ0v) is 14.8. The first-order chi connectivity index (χ1) is 11.7. The number of fused-ring (bicyclic) bond motifs is 1. The Bertz CT molecular complexity index is 443. The zero-order valence-electron chi connectivity index (χ0n) is 14.8. The molecule has 1 saturated heterocycles. The Kier molecular flexibility index (Phi) is 6.44. The Labute approximate surface area is 144 Å². The summed E-state index contributed by atoms with van der Waals surface area (Å²) in [6.07, 6.45) is 8.40. The third-order valence-electron chi connectivity index (χ3n) is 5.70. The van der Waals surface area contributed by atoms with E-state index in [1.807, 2.05) is 0 Å². The monoisotopic (exact) mass is 338 g/mol. The van der Waals surface area contributed by atoms with Crippen LogP contribution in [0.2, 0.25) is 0 Å². The lowest BCUT2D eigenvalue weighted by Gasteiger charge is -2.33. The molecule has 5 nitrogen and oxygen atoms in total. The molecule has 136 valence electrons. The standard InChI is InChI=1S/C19H30O5/c1-13(22-8-7-21-2)19-16-10-14(12-20)9-15(16)11-17(19)24-18-5-3-4-6-23-18/h9,12-13,15-19H,3-8,10-11H2,1-2H3. The fourth-order valence-corrected chi connectivity index (χ4v) is 4.58. The number of hydrogen-bond donors (Lipinski definition) is 0. The molecule has 0 aromatic carbocycles. The van der Waals surface area contributed by atoms with E-state index in [-0.39, 0.29) is 18.5 Å². The minimum absolute atomic E-state index is 0.0780. The Morgan fingerprint density at radius 3 is 2.96 bits per heavy atom. The molecule has 0 aromatic rings. The van der Waals surface area contributed by atoms with Gasteiger partial charge in [-0.05, 0) is 56.4 Å². The van der Waals surface area contributed by atoms with Crippen molar-refractivity contribution >= 4 is 6.29 Å². The van der Waals surface area contributed by atoms with Crippen LogP contribution in [0.5, 0.6) is 0 Å². The first-order valence-electron chi connectivity index (χ1n) is 9.26. The summed E-state index contributed by atoms with van der Waals surface area (Å²) in [5.41, 5.74) is 0.937. The molecule has 0 radical (unpaired) electrons. The molecule has 0 aromatic heterocycles. The summed E-state index contributed by atoms with van der Waals surface area (Å²) in [5.74, 6) is 1.17. The van der Waals surface area contributed by atoms with Crippen LogP contribution < -0.4 is 0 Å². The highest BCUT2D eigenvalue weighted by Crippen LogP contribution is 2.49. The maximum absolute atomic E-state index is 11.2.